The molecule has 0 aromatic heterocycles. The van der Waals surface area contributed by atoms with Gasteiger partial charge in [-0.05, 0) is 34.1 Å². The minimum absolute atomic E-state index is 0.226. The van der Waals surface area contributed by atoms with Crippen LogP contribution in [-0.4, -0.2) is 66.6 Å². The fraction of sp³-hybridized carbons (Fsp3) is 1.00. The summed E-state index contributed by atoms with van der Waals surface area (Å²) in [4.78, 5) is 1.51. The molecule has 0 radical (unpaired) electrons. The molecule has 120 valence electrons. The van der Waals surface area contributed by atoms with Gasteiger partial charge in [-0.2, -0.15) is 8.42 Å². The van der Waals surface area contributed by atoms with Crippen molar-refractivity contribution in [3.05, 3.63) is 0 Å². The number of hydrogen-bond acceptors (Lipinski definition) is 7. The smallest absolute Gasteiger partial charge is 0.264 e. The van der Waals surface area contributed by atoms with Crippen LogP contribution in [0.3, 0.4) is 0 Å². The molecule has 1 fully saturated rings. The molecule has 7 nitrogen and oxygen atoms in total. The van der Waals surface area contributed by atoms with Gasteiger partial charge in [0.25, 0.3) is 10.1 Å². The summed E-state index contributed by atoms with van der Waals surface area (Å²) in [6.45, 7) is 7.15. The fourth-order valence-electron chi connectivity index (χ4n) is 2.15. The number of ether oxygens (including phenoxy) is 1. The van der Waals surface area contributed by atoms with E-state index in [0.29, 0.717) is 13.0 Å². The molecular weight excluding hydrogens is 286 g/mol. The Morgan fingerprint density at radius 2 is 2.00 bits per heavy atom. The van der Waals surface area contributed by atoms with Crippen LogP contribution < -0.4 is 0 Å². The summed E-state index contributed by atoms with van der Waals surface area (Å²) >= 11 is 0. The van der Waals surface area contributed by atoms with Crippen LogP contribution in [0, 0.1) is 0 Å². The van der Waals surface area contributed by atoms with Crippen LogP contribution in [0.15, 0.2) is 0 Å². The van der Waals surface area contributed by atoms with E-state index in [1.165, 1.54) is 4.90 Å². The van der Waals surface area contributed by atoms with Gasteiger partial charge in [0, 0.05) is 6.54 Å². The molecule has 3 atom stereocenters. The first-order valence-electron chi connectivity index (χ1n) is 6.50. The first-order chi connectivity index (χ1) is 8.82. The SMILES string of the molecule is CC(C)(C)OC(O)N1CC[C@@](C)(O)[C@@H]1COS(C)(=O)=O. The van der Waals surface area contributed by atoms with E-state index in [0.717, 1.165) is 6.26 Å². The van der Waals surface area contributed by atoms with Gasteiger partial charge in [0.1, 0.15) is 0 Å². The summed E-state index contributed by atoms with van der Waals surface area (Å²) in [5.74, 6) is 0. The summed E-state index contributed by atoms with van der Waals surface area (Å²) in [5.41, 5.74) is -1.71. The van der Waals surface area contributed by atoms with Gasteiger partial charge in [-0.1, -0.05) is 0 Å². The summed E-state index contributed by atoms with van der Waals surface area (Å²) < 4.78 is 32.4. The Labute approximate surface area is 120 Å². The highest BCUT2D eigenvalue weighted by Gasteiger charge is 2.46. The minimum Gasteiger partial charge on any atom is -0.388 e. The number of rotatable bonds is 5. The lowest BCUT2D eigenvalue weighted by atomic mass is 9.98. The number of likely N-dealkylation sites (tertiary alicyclic amines) is 1. The van der Waals surface area contributed by atoms with Crippen molar-refractivity contribution < 1.29 is 27.6 Å². The second-order valence-electron chi connectivity index (χ2n) is 6.41. The van der Waals surface area contributed by atoms with E-state index >= 15 is 0 Å². The van der Waals surface area contributed by atoms with Crippen LogP contribution in [0.5, 0.6) is 0 Å². The van der Waals surface area contributed by atoms with E-state index in [1.54, 1.807) is 27.7 Å². The molecule has 8 heteroatoms. The molecule has 0 aromatic rings. The van der Waals surface area contributed by atoms with Gasteiger partial charge >= 0.3 is 0 Å². The molecule has 1 rings (SSSR count). The summed E-state index contributed by atoms with van der Waals surface area (Å²) in [6.07, 6.45) is 0.121. The van der Waals surface area contributed by atoms with Gasteiger partial charge in [0.15, 0.2) is 0 Å². The molecular formula is C12H25NO6S. The average Bonchev–Trinajstić information content (AvgIpc) is 2.47. The van der Waals surface area contributed by atoms with Crippen LogP contribution in [0.2, 0.25) is 0 Å². The third-order valence-corrected chi connectivity index (χ3v) is 3.74. The molecule has 0 saturated carbocycles. The minimum atomic E-state index is -3.61. The molecule has 2 N–H and O–H groups in total. The maximum Gasteiger partial charge on any atom is 0.264 e. The number of aliphatic hydroxyl groups excluding tert-OH is 1. The van der Waals surface area contributed by atoms with Crippen molar-refractivity contribution in [3.8, 4) is 0 Å². The molecule has 1 aliphatic heterocycles. The fourth-order valence-corrected chi connectivity index (χ4v) is 2.52. The van der Waals surface area contributed by atoms with Crippen molar-refractivity contribution in [3.63, 3.8) is 0 Å². The molecule has 0 spiro atoms. The Morgan fingerprint density at radius 1 is 1.45 bits per heavy atom. The maximum absolute atomic E-state index is 11.1. The quantitative estimate of drug-likeness (QED) is 0.539. The molecule has 0 aliphatic carbocycles. The Balaban J connectivity index is 2.79. The van der Waals surface area contributed by atoms with Gasteiger partial charge in [0.2, 0.25) is 6.41 Å². The molecule has 1 saturated heterocycles. The van der Waals surface area contributed by atoms with E-state index in [2.05, 4.69) is 0 Å². The van der Waals surface area contributed by atoms with Gasteiger partial charge in [0.05, 0.1) is 30.1 Å². The lowest BCUT2D eigenvalue weighted by Gasteiger charge is -2.36. The lowest BCUT2D eigenvalue weighted by molar-refractivity contribution is -0.249. The van der Waals surface area contributed by atoms with Crippen LogP contribution >= 0.6 is 0 Å². The number of nitrogens with zero attached hydrogens (tertiary/aromatic N) is 1. The Hall–Kier alpha value is -0.250. The highest BCUT2D eigenvalue weighted by molar-refractivity contribution is 7.85. The zero-order valence-electron chi connectivity index (χ0n) is 12.7. The van der Waals surface area contributed by atoms with Crippen molar-refractivity contribution in [2.24, 2.45) is 0 Å². The van der Waals surface area contributed by atoms with Crippen molar-refractivity contribution in [1.82, 2.24) is 4.90 Å². The van der Waals surface area contributed by atoms with Crippen LogP contribution in [0.1, 0.15) is 34.1 Å². The monoisotopic (exact) mass is 311 g/mol. The molecule has 20 heavy (non-hydrogen) atoms. The topological polar surface area (TPSA) is 96.3 Å². The standard InChI is InChI=1S/C12H25NO6S/c1-11(2,3)19-10(14)13-7-6-12(4,15)9(13)8-18-20(5,16)17/h9-10,14-15H,6-8H2,1-5H3/t9-,10?,12+/m0/s1. The Kier molecular flexibility index (Phi) is 5.22. The Morgan fingerprint density at radius 3 is 2.45 bits per heavy atom. The highest BCUT2D eigenvalue weighted by Crippen LogP contribution is 2.31. The molecule has 0 bridgehead atoms. The van der Waals surface area contributed by atoms with E-state index in [4.69, 9.17) is 8.92 Å². The third-order valence-electron chi connectivity index (χ3n) is 3.18. The Bertz CT molecular complexity index is 428. The molecule has 0 amide bonds. The predicted molar refractivity (Wildman–Crippen MR) is 73.4 cm³/mol. The van der Waals surface area contributed by atoms with E-state index in [1.807, 2.05) is 0 Å². The van der Waals surface area contributed by atoms with Crippen molar-refractivity contribution in [2.45, 2.75) is 57.8 Å². The molecule has 1 aliphatic rings. The predicted octanol–water partition coefficient (Wildman–Crippen LogP) is -0.121. The number of aliphatic hydroxyl groups is 2. The molecule has 1 heterocycles. The normalized spacial score (nSPS) is 30.6. The van der Waals surface area contributed by atoms with E-state index < -0.39 is 33.8 Å². The first kappa shape index (κ1) is 17.8. The van der Waals surface area contributed by atoms with Gasteiger partial charge in [-0.3, -0.25) is 4.18 Å². The molecule has 1 unspecified atom stereocenters. The van der Waals surface area contributed by atoms with E-state index in [9.17, 15) is 18.6 Å². The largest absolute Gasteiger partial charge is 0.388 e. The summed E-state index contributed by atoms with van der Waals surface area (Å²) in [7, 11) is -3.61. The van der Waals surface area contributed by atoms with E-state index in [-0.39, 0.29) is 6.61 Å². The van der Waals surface area contributed by atoms with Gasteiger partial charge < -0.3 is 14.9 Å². The van der Waals surface area contributed by atoms with Crippen LogP contribution in [-0.2, 0) is 19.0 Å². The zero-order valence-corrected chi connectivity index (χ0v) is 13.5. The zero-order chi connectivity index (χ0) is 15.8. The van der Waals surface area contributed by atoms with Crippen molar-refractivity contribution in [2.75, 3.05) is 19.4 Å². The summed E-state index contributed by atoms with van der Waals surface area (Å²) in [5, 5.41) is 20.4. The van der Waals surface area contributed by atoms with Crippen molar-refractivity contribution >= 4 is 10.1 Å². The van der Waals surface area contributed by atoms with Gasteiger partial charge in [-0.15, -0.1) is 0 Å². The second-order valence-corrected chi connectivity index (χ2v) is 8.05. The third kappa shape index (κ3) is 5.27. The lowest BCUT2D eigenvalue weighted by Crippen LogP contribution is -2.52. The first-order valence-corrected chi connectivity index (χ1v) is 8.32. The van der Waals surface area contributed by atoms with Crippen LogP contribution in [0.4, 0.5) is 0 Å². The molecule has 0 aromatic carbocycles. The number of hydrogen-bond donors (Lipinski definition) is 2. The van der Waals surface area contributed by atoms with Crippen LogP contribution in [0.25, 0.3) is 0 Å². The average molecular weight is 311 g/mol. The highest BCUT2D eigenvalue weighted by atomic mass is 32.2. The maximum atomic E-state index is 11.1. The van der Waals surface area contributed by atoms with Crippen molar-refractivity contribution in [1.29, 1.82) is 0 Å². The summed E-state index contributed by atoms with van der Waals surface area (Å²) in [6, 6.07) is -0.658. The van der Waals surface area contributed by atoms with Gasteiger partial charge in [-0.25, -0.2) is 4.90 Å². The second kappa shape index (κ2) is 5.86.